The molecule has 0 saturated carbocycles. The van der Waals surface area contributed by atoms with E-state index in [1.54, 1.807) is 64.3 Å². The number of phenolic OH excluding ortho intramolecular Hbond substituents is 1. The summed E-state index contributed by atoms with van der Waals surface area (Å²) in [6.07, 6.45) is 0.859. The van der Waals surface area contributed by atoms with Gasteiger partial charge >= 0.3 is 6.09 Å². The van der Waals surface area contributed by atoms with Crippen LogP contribution in [-0.4, -0.2) is 53.2 Å². The molecule has 9 nitrogen and oxygen atoms in total. The van der Waals surface area contributed by atoms with Crippen LogP contribution in [0.4, 0.5) is 10.5 Å². The number of rotatable bonds is 11. The van der Waals surface area contributed by atoms with E-state index in [0.29, 0.717) is 22.6 Å². The zero-order chi connectivity index (χ0) is 31.7. The van der Waals surface area contributed by atoms with Crippen LogP contribution < -0.4 is 15.4 Å². The first-order chi connectivity index (χ1) is 20.3. The summed E-state index contributed by atoms with van der Waals surface area (Å²) in [5, 5.41) is 15.4. The van der Waals surface area contributed by atoms with Crippen LogP contribution >= 0.6 is 0 Å². The highest BCUT2D eigenvalue weighted by Gasteiger charge is 2.36. The predicted octanol–water partition coefficient (Wildman–Crippen LogP) is 5.85. The molecule has 2 unspecified atom stereocenters. The molecule has 9 heteroatoms. The van der Waals surface area contributed by atoms with E-state index in [9.17, 15) is 19.5 Å². The Morgan fingerprint density at radius 2 is 1.63 bits per heavy atom. The van der Waals surface area contributed by atoms with E-state index in [1.165, 1.54) is 23.1 Å². The van der Waals surface area contributed by atoms with Crippen molar-refractivity contribution in [1.29, 1.82) is 0 Å². The number of nitrogens with zero attached hydrogens (tertiary/aromatic N) is 1. The lowest BCUT2D eigenvalue weighted by molar-refractivity contribution is -0.140. The maximum Gasteiger partial charge on any atom is 0.408 e. The molecule has 0 fully saturated rings. The van der Waals surface area contributed by atoms with Gasteiger partial charge in [-0.3, -0.25) is 9.59 Å². The Balaban J connectivity index is 2.06. The molecule has 3 aromatic carbocycles. The van der Waals surface area contributed by atoms with Crippen molar-refractivity contribution in [3.63, 3.8) is 0 Å². The fourth-order valence-corrected chi connectivity index (χ4v) is 4.47. The van der Waals surface area contributed by atoms with Gasteiger partial charge in [0.2, 0.25) is 5.91 Å². The van der Waals surface area contributed by atoms with Gasteiger partial charge in [-0.1, -0.05) is 36.4 Å². The molecular weight excluding hydrogens is 546 g/mol. The number of hydrogen-bond donors (Lipinski definition) is 3. The van der Waals surface area contributed by atoms with Crippen LogP contribution in [0.5, 0.6) is 11.5 Å². The molecule has 3 rings (SSSR count). The molecule has 3 amide bonds. The number of anilines is 1. The average Bonchev–Trinajstić information content (AvgIpc) is 2.94. The molecule has 3 aromatic rings. The van der Waals surface area contributed by atoms with Crippen molar-refractivity contribution in [1.82, 2.24) is 10.2 Å². The fourth-order valence-electron chi connectivity index (χ4n) is 4.47. The fraction of sp³-hybridized carbons (Fsp3) is 0.324. The SMILES string of the molecule is C=CCN(C(=O)C(Cc1ccc(O)cc1)NC(=O)OC(C)(C)C)C(C(=O)Nc1ccc(OC)cc1)c1ccc(C)c(C)c1. The van der Waals surface area contributed by atoms with Crippen molar-refractivity contribution >= 4 is 23.6 Å². The summed E-state index contributed by atoms with van der Waals surface area (Å²) in [4.78, 5) is 42.7. The van der Waals surface area contributed by atoms with Crippen molar-refractivity contribution in [3.05, 3.63) is 102 Å². The Kier molecular flexibility index (Phi) is 11.0. The zero-order valence-corrected chi connectivity index (χ0v) is 25.6. The summed E-state index contributed by atoms with van der Waals surface area (Å²) in [5.41, 5.74) is 3.02. The van der Waals surface area contributed by atoms with Gasteiger partial charge in [0.1, 0.15) is 29.2 Å². The molecule has 0 saturated heterocycles. The zero-order valence-electron chi connectivity index (χ0n) is 25.6. The minimum absolute atomic E-state index is 0.0224. The van der Waals surface area contributed by atoms with Gasteiger partial charge in [-0.2, -0.15) is 0 Å². The lowest BCUT2D eigenvalue weighted by Gasteiger charge is -2.34. The highest BCUT2D eigenvalue weighted by molar-refractivity contribution is 5.99. The first-order valence-corrected chi connectivity index (χ1v) is 14.0. The Morgan fingerprint density at radius 3 is 2.19 bits per heavy atom. The summed E-state index contributed by atoms with van der Waals surface area (Å²) >= 11 is 0. The van der Waals surface area contributed by atoms with E-state index in [2.05, 4.69) is 17.2 Å². The number of carbonyl (C=O) groups excluding carboxylic acids is 3. The van der Waals surface area contributed by atoms with Crippen LogP contribution in [0.1, 0.15) is 49.1 Å². The minimum Gasteiger partial charge on any atom is -0.508 e. The Bertz CT molecular complexity index is 1430. The van der Waals surface area contributed by atoms with Crippen molar-refractivity contribution in [3.8, 4) is 11.5 Å². The molecule has 0 aliphatic carbocycles. The molecule has 0 aliphatic heterocycles. The minimum atomic E-state index is -1.10. The van der Waals surface area contributed by atoms with E-state index in [0.717, 1.165) is 11.1 Å². The molecule has 3 N–H and O–H groups in total. The second-order valence-electron chi connectivity index (χ2n) is 11.3. The summed E-state index contributed by atoms with van der Waals surface area (Å²) in [7, 11) is 1.56. The van der Waals surface area contributed by atoms with E-state index in [-0.39, 0.29) is 18.7 Å². The second kappa shape index (κ2) is 14.4. The molecule has 0 radical (unpaired) electrons. The Morgan fingerprint density at radius 1 is 0.977 bits per heavy atom. The molecule has 0 spiro atoms. The predicted molar refractivity (Wildman–Crippen MR) is 167 cm³/mol. The van der Waals surface area contributed by atoms with Gasteiger partial charge < -0.3 is 30.1 Å². The first-order valence-electron chi connectivity index (χ1n) is 14.0. The van der Waals surface area contributed by atoms with Gasteiger partial charge in [-0.15, -0.1) is 6.58 Å². The number of amides is 3. The maximum atomic E-state index is 14.4. The second-order valence-corrected chi connectivity index (χ2v) is 11.3. The Hall–Kier alpha value is -4.79. The van der Waals surface area contributed by atoms with Crippen molar-refractivity contribution in [2.45, 2.75) is 58.7 Å². The molecule has 228 valence electrons. The van der Waals surface area contributed by atoms with Gasteiger partial charge in [0, 0.05) is 18.7 Å². The topological polar surface area (TPSA) is 117 Å². The number of benzene rings is 3. The van der Waals surface area contributed by atoms with Gasteiger partial charge in [0.05, 0.1) is 7.11 Å². The highest BCUT2D eigenvalue weighted by atomic mass is 16.6. The van der Waals surface area contributed by atoms with Gasteiger partial charge in [-0.25, -0.2) is 4.79 Å². The van der Waals surface area contributed by atoms with Crippen LogP contribution in [0.3, 0.4) is 0 Å². The third-order valence-corrected chi connectivity index (χ3v) is 6.74. The number of methoxy groups -OCH3 is 1. The summed E-state index contributed by atoms with van der Waals surface area (Å²) in [6.45, 7) is 13.0. The van der Waals surface area contributed by atoms with Crippen LogP contribution in [-0.2, 0) is 20.7 Å². The number of nitrogens with one attached hydrogen (secondary N) is 2. The number of carbonyl (C=O) groups is 3. The first kappa shape index (κ1) is 32.7. The van der Waals surface area contributed by atoms with Gasteiger partial charge in [0.25, 0.3) is 5.91 Å². The largest absolute Gasteiger partial charge is 0.508 e. The molecule has 43 heavy (non-hydrogen) atoms. The van der Waals surface area contributed by atoms with Gasteiger partial charge in [0.15, 0.2) is 0 Å². The van der Waals surface area contributed by atoms with E-state index < -0.39 is 35.6 Å². The van der Waals surface area contributed by atoms with E-state index in [4.69, 9.17) is 9.47 Å². The van der Waals surface area contributed by atoms with E-state index >= 15 is 0 Å². The smallest absolute Gasteiger partial charge is 0.408 e. The number of hydrogen-bond acceptors (Lipinski definition) is 6. The molecular formula is C34H41N3O6. The summed E-state index contributed by atoms with van der Waals surface area (Å²) < 4.78 is 10.7. The lowest BCUT2D eigenvalue weighted by Crippen LogP contribution is -2.53. The molecule has 0 aromatic heterocycles. The summed E-state index contributed by atoms with van der Waals surface area (Å²) in [5.74, 6) is -0.237. The number of phenols is 1. The lowest BCUT2D eigenvalue weighted by atomic mass is 9.97. The molecule has 0 heterocycles. The third kappa shape index (κ3) is 9.36. The number of alkyl carbamates (subject to hydrolysis) is 1. The normalized spacial score (nSPS) is 12.4. The number of aryl methyl sites for hydroxylation is 2. The standard InChI is InChI=1S/C34H41N3O6/c1-8-19-37(32(40)29(36-33(41)43-34(4,5)6)21-24-10-15-27(38)16-11-24)30(25-12-9-22(2)23(3)20-25)31(39)35-26-13-17-28(42-7)18-14-26/h8-18,20,29-30,38H,1,19,21H2,2-7H3,(H,35,39)(H,36,41). The maximum absolute atomic E-state index is 14.4. The van der Waals surface area contributed by atoms with E-state index in [1.807, 2.05) is 32.0 Å². The van der Waals surface area contributed by atoms with Crippen LogP contribution in [0.2, 0.25) is 0 Å². The molecule has 0 bridgehead atoms. The highest BCUT2D eigenvalue weighted by Crippen LogP contribution is 2.27. The monoisotopic (exact) mass is 587 g/mol. The summed E-state index contributed by atoms with van der Waals surface area (Å²) in [6, 6.07) is 16.7. The van der Waals surface area contributed by atoms with Crippen LogP contribution in [0, 0.1) is 13.8 Å². The van der Waals surface area contributed by atoms with Crippen molar-refractivity contribution < 1.29 is 29.0 Å². The van der Waals surface area contributed by atoms with Crippen molar-refractivity contribution in [2.75, 3.05) is 19.0 Å². The van der Waals surface area contributed by atoms with Crippen LogP contribution in [0.15, 0.2) is 79.4 Å². The molecule has 0 aliphatic rings. The quantitative estimate of drug-likeness (QED) is 0.243. The van der Waals surface area contributed by atoms with Crippen LogP contribution in [0.25, 0.3) is 0 Å². The third-order valence-electron chi connectivity index (χ3n) is 6.74. The van der Waals surface area contributed by atoms with Gasteiger partial charge in [-0.05, 0) is 93.3 Å². The Labute approximate surface area is 253 Å². The van der Waals surface area contributed by atoms with Crippen molar-refractivity contribution in [2.24, 2.45) is 0 Å². The number of aromatic hydroxyl groups is 1. The number of ether oxygens (including phenoxy) is 2. The average molecular weight is 588 g/mol. The molecule has 2 atom stereocenters.